The molecule has 3 heterocycles. The Labute approximate surface area is 503 Å². The zero-order chi connectivity index (χ0) is 59.0. The van der Waals surface area contributed by atoms with Gasteiger partial charge in [-0.1, -0.05) is 236 Å². The van der Waals surface area contributed by atoms with Crippen molar-refractivity contribution in [3.8, 4) is 27.9 Å². The quantitative estimate of drug-likeness (QED) is 0.163. The van der Waals surface area contributed by atoms with E-state index in [9.17, 15) is 0 Å². The molecule has 12 aromatic rings. The van der Waals surface area contributed by atoms with E-state index >= 15 is 0 Å². The van der Waals surface area contributed by atoms with Crippen molar-refractivity contribution in [3.05, 3.63) is 240 Å². The van der Waals surface area contributed by atoms with Crippen molar-refractivity contribution in [2.45, 2.75) is 124 Å². The van der Waals surface area contributed by atoms with Gasteiger partial charge in [-0.3, -0.25) is 0 Å². The summed E-state index contributed by atoms with van der Waals surface area (Å²) in [5.41, 5.74) is 27.3. The lowest BCUT2D eigenvalue weighted by molar-refractivity contribution is 0.568. The first-order chi connectivity index (χ1) is 40.4. The smallest absolute Gasteiger partial charge is 0.252 e. The lowest BCUT2D eigenvalue weighted by Gasteiger charge is -2.46. The van der Waals surface area contributed by atoms with Crippen LogP contribution in [0.4, 0.5) is 34.1 Å². The van der Waals surface area contributed by atoms with Gasteiger partial charge in [0.15, 0.2) is 0 Å². The van der Waals surface area contributed by atoms with E-state index in [1.165, 1.54) is 149 Å². The maximum Gasteiger partial charge on any atom is 0.252 e. The van der Waals surface area contributed by atoms with Crippen LogP contribution in [0, 0.1) is 0 Å². The third-order valence-electron chi connectivity index (χ3n) is 19.5. The van der Waals surface area contributed by atoms with Crippen molar-refractivity contribution in [1.29, 1.82) is 0 Å². The van der Waals surface area contributed by atoms with E-state index < -0.39 is 0 Å². The fourth-order valence-corrected chi connectivity index (χ4v) is 14.9. The van der Waals surface area contributed by atoms with Crippen LogP contribution in [0.3, 0.4) is 0 Å². The van der Waals surface area contributed by atoms with Gasteiger partial charge in [-0.15, -0.1) is 0 Å². The molecule has 15 rings (SSSR count). The first-order valence-corrected chi connectivity index (χ1v) is 30.9. The number of hydrogen-bond donors (Lipinski definition) is 0. The van der Waals surface area contributed by atoms with Gasteiger partial charge in [0.1, 0.15) is 0 Å². The van der Waals surface area contributed by atoms with Gasteiger partial charge >= 0.3 is 0 Å². The van der Waals surface area contributed by atoms with Crippen LogP contribution in [0.1, 0.15) is 130 Å². The maximum absolute atomic E-state index is 2.70. The maximum atomic E-state index is 2.70. The summed E-state index contributed by atoms with van der Waals surface area (Å²) in [7, 11) is 0. The number of hydrogen-bond acceptors (Lipinski definition) is 2. The van der Waals surface area contributed by atoms with E-state index in [-0.39, 0.29) is 33.8 Å². The highest BCUT2D eigenvalue weighted by Crippen LogP contribution is 2.55. The molecular weight excluding hydrogens is 1030 g/mol. The molecule has 3 nitrogen and oxygen atoms in total. The van der Waals surface area contributed by atoms with Crippen molar-refractivity contribution in [2.75, 3.05) is 9.80 Å². The van der Waals surface area contributed by atoms with E-state index in [1.54, 1.807) is 0 Å². The standard InChI is InChI=1S/C81H76BN3/c1-77(2,3)53-43-54(78(4,5)6)46-58(45-53)84-70-41-52(51-34-38-68-64(40-51)72-69(83(68)57-26-16-15-17-27-57)39-35-63-62-30-22-23-31-65(62)81(13,14)73(63)72)42-71-74(70)82(66-36-32-49-24-18-20-28-60(49)75(66)84)67-37-33-50-25-19-21-29-61(50)76(67)85(71)59-47-55(79(7,8)9)44-56(48-59)80(10,11)12/h15-48H,1-14H3. The summed E-state index contributed by atoms with van der Waals surface area (Å²) in [6.07, 6.45) is 0. The normalized spacial score (nSPS) is 14.5. The van der Waals surface area contributed by atoms with E-state index in [1.807, 2.05) is 0 Å². The molecule has 0 atom stereocenters. The summed E-state index contributed by atoms with van der Waals surface area (Å²) in [5, 5.41) is 7.56. The monoisotopic (exact) mass is 1100 g/mol. The number of aromatic nitrogens is 1. The molecule has 3 aliphatic rings. The molecule has 0 amide bonds. The Morgan fingerprint density at radius 2 is 0.835 bits per heavy atom. The van der Waals surface area contributed by atoms with Crippen molar-refractivity contribution in [1.82, 2.24) is 4.57 Å². The minimum Gasteiger partial charge on any atom is -0.311 e. The average molecular weight is 1100 g/mol. The number of anilines is 6. The molecule has 0 saturated carbocycles. The Balaban J connectivity index is 1.12. The van der Waals surface area contributed by atoms with Gasteiger partial charge in [0.25, 0.3) is 6.71 Å². The van der Waals surface area contributed by atoms with Crippen LogP contribution in [0.25, 0.3) is 71.3 Å². The summed E-state index contributed by atoms with van der Waals surface area (Å²) < 4.78 is 2.51. The molecule has 0 N–H and O–H groups in total. The van der Waals surface area contributed by atoms with E-state index in [2.05, 4.69) is 318 Å². The second-order valence-corrected chi connectivity index (χ2v) is 29.5. The second kappa shape index (κ2) is 18.2. The lowest BCUT2D eigenvalue weighted by Crippen LogP contribution is -2.61. The van der Waals surface area contributed by atoms with Crippen molar-refractivity contribution in [3.63, 3.8) is 0 Å². The van der Waals surface area contributed by atoms with Gasteiger partial charge in [0, 0.05) is 66.8 Å². The molecule has 2 aliphatic heterocycles. The van der Waals surface area contributed by atoms with Crippen molar-refractivity contribution >= 4 is 101 Å². The van der Waals surface area contributed by atoms with Crippen LogP contribution in [-0.4, -0.2) is 11.3 Å². The number of benzene rings is 11. The zero-order valence-electron chi connectivity index (χ0n) is 52.0. The average Bonchev–Trinajstić information content (AvgIpc) is 1.64. The Hall–Kier alpha value is -8.60. The molecule has 85 heavy (non-hydrogen) atoms. The summed E-state index contributed by atoms with van der Waals surface area (Å²) in [6.45, 7) is 33.2. The Bertz CT molecular complexity index is 4540. The fraction of sp³-hybridized carbons (Fsp3) is 0.235. The van der Waals surface area contributed by atoms with Gasteiger partial charge in [-0.25, -0.2) is 0 Å². The summed E-state index contributed by atoms with van der Waals surface area (Å²) in [6, 6.07) is 80.3. The Morgan fingerprint density at radius 3 is 1.35 bits per heavy atom. The van der Waals surface area contributed by atoms with Gasteiger partial charge in [-0.2, -0.15) is 0 Å². The van der Waals surface area contributed by atoms with Gasteiger partial charge in [0.2, 0.25) is 0 Å². The number of rotatable bonds is 4. The minimum absolute atomic E-state index is 0.0793. The largest absolute Gasteiger partial charge is 0.311 e. The second-order valence-electron chi connectivity index (χ2n) is 29.5. The minimum atomic E-state index is -0.226. The van der Waals surface area contributed by atoms with Crippen molar-refractivity contribution in [2.24, 2.45) is 0 Å². The molecule has 1 aromatic heterocycles. The molecule has 418 valence electrons. The lowest BCUT2D eigenvalue weighted by atomic mass is 9.33. The van der Waals surface area contributed by atoms with Gasteiger partial charge < -0.3 is 14.4 Å². The van der Waals surface area contributed by atoms with Crippen LogP contribution < -0.4 is 26.2 Å². The van der Waals surface area contributed by atoms with Gasteiger partial charge in [0.05, 0.1) is 11.0 Å². The molecule has 0 radical (unpaired) electrons. The van der Waals surface area contributed by atoms with E-state index in [0.717, 1.165) is 5.69 Å². The first kappa shape index (κ1) is 53.2. The predicted octanol–water partition coefficient (Wildman–Crippen LogP) is 20.3. The predicted molar refractivity (Wildman–Crippen MR) is 368 cm³/mol. The van der Waals surface area contributed by atoms with Crippen LogP contribution in [0.2, 0.25) is 0 Å². The first-order valence-electron chi connectivity index (χ1n) is 30.9. The molecule has 0 spiro atoms. The molecule has 11 aromatic carbocycles. The fourth-order valence-electron chi connectivity index (χ4n) is 14.9. The third kappa shape index (κ3) is 8.07. The highest BCUT2D eigenvalue weighted by Gasteiger charge is 2.46. The highest BCUT2D eigenvalue weighted by molar-refractivity contribution is 7.00. The van der Waals surface area contributed by atoms with Crippen LogP contribution in [-0.2, 0) is 27.1 Å². The number of nitrogens with zero attached hydrogens (tertiary/aromatic N) is 3. The third-order valence-corrected chi connectivity index (χ3v) is 19.5. The summed E-state index contributed by atoms with van der Waals surface area (Å²) >= 11 is 0. The van der Waals surface area contributed by atoms with Crippen LogP contribution in [0.5, 0.6) is 0 Å². The van der Waals surface area contributed by atoms with Crippen LogP contribution in [0.15, 0.2) is 206 Å². The molecule has 0 bridgehead atoms. The molecular formula is C81H76BN3. The molecule has 1 aliphatic carbocycles. The van der Waals surface area contributed by atoms with E-state index in [0.29, 0.717) is 0 Å². The Morgan fingerprint density at radius 1 is 0.365 bits per heavy atom. The van der Waals surface area contributed by atoms with Crippen molar-refractivity contribution < 1.29 is 0 Å². The molecule has 4 heteroatoms. The Kier molecular flexibility index (Phi) is 11.4. The molecule has 0 fully saturated rings. The van der Waals surface area contributed by atoms with Crippen LogP contribution >= 0.6 is 0 Å². The topological polar surface area (TPSA) is 11.4 Å². The SMILES string of the molecule is CC(C)(C)c1cc(N2c3cc(-c4ccc5c(c4)c4c6c(ccc4n5-c4ccccc4)-c4ccccc4C6(C)C)cc4c3B(c3ccc5ccccc5c32)c2ccc3ccccc3c2N4c2cc(C(C)(C)C)cc(C(C)(C)C)c2)cc(C(C)(C)C)c1. The summed E-state index contributed by atoms with van der Waals surface area (Å²) in [5.74, 6) is 0. The molecule has 0 saturated heterocycles. The van der Waals surface area contributed by atoms with Gasteiger partial charge in [-0.05, 0) is 171 Å². The van der Waals surface area contributed by atoms with E-state index in [4.69, 9.17) is 0 Å². The number of fused-ring (bicyclic) bond motifs is 15. The highest BCUT2D eigenvalue weighted by atomic mass is 15.2. The number of para-hydroxylation sites is 1. The summed E-state index contributed by atoms with van der Waals surface area (Å²) in [4.78, 5) is 5.40. The zero-order valence-corrected chi connectivity index (χ0v) is 52.0. The molecule has 0 unspecified atom stereocenters.